The fourth-order valence-corrected chi connectivity index (χ4v) is 2.26. The molecule has 20 heavy (non-hydrogen) atoms. The summed E-state index contributed by atoms with van der Waals surface area (Å²) < 4.78 is 0. The predicted molar refractivity (Wildman–Crippen MR) is 72.2 cm³/mol. The Labute approximate surface area is 113 Å². The van der Waals surface area contributed by atoms with Gasteiger partial charge in [-0.25, -0.2) is 4.90 Å². The first-order valence-corrected chi connectivity index (χ1v) is 5.82. The zero-order valence-electron chi connectivity index (χ0n) is 10.1. The maximum Gasteiger partial charge on any atom is 0.277 e. The normalized spacial score (nSPS) is 14.3. The van der Waals surface area contributed by atoms with Crippen LogP contribution in [-0.4, -0.2) is 16.7 Å². The van der Waals surface area contributed by atoms with Crippen LogP contribution in [0.4, 0.5) is 11.4 Å². The van der Waals surface area contributed by atoms with E-state index in [-0.39, 0.29) is 5.69 Å². The fraction of sp³-hybridized carbons (Fsp3) is 0. The molecule has 1 heterocycles. The van der Waals surface area contributed by atoms with Crippen molar-refractivity contribution < 1.29 is 14.5 Å². The highest BCUT2D eigenvalue weighted by Crippen LogP contribution is 2.34. The number of imide groups is 1. The molecular formula is C14H8N2O4. The average Bonchev–Trinajstić information content (AvgIpc) is 2.77. The summed E-state index contributed by atoms with van der Waals surface area (Å²) in [7, 11) is 0. The molecule has 0 unspecified atom stereocenters. The minimum Gasteiger partial charge on any atom is -0.269 e. The van der Waals surface area contributed by atoms with E-state index in [1.165, 1.54) is 24.3 Å². The standard InChI is InChI=1S/C14H8N2O4/c17-13-7-8-14(18)15(13)11-5-6-12(16(19)20)10-4-2-1-3-9(10)11/h1-8H. The number of benzene rings is 2. The minimum absolute atomic E-state index is 0.0589. The van der Waals surface area contributed by atoms with Gasteiger partial charge in [0.1, 0.15) is 0 Å². The first-order chi connectivity index (χ1) is 9.59. The van der Waals surface area contributed by atoms with Crippen molar-refractivity contribution >= 4 is 34.0 Å². The average molecular weight is 268 g/mol. The van der Waals surface area contributed by atoms with Gasteiger partial charge in [0.05, 0.1) is 16.0 Å². The van der Waals surface area contributed by atoms with Gasteiger partial charge in [-0.3, -0.25) is 19.7 Å². The van der Waals surface area contributed by atoms with E-state index in [0.717, 1.165) is 4.90 Å². The van der Waals surface area contributed by atoms with Crippen LogP contribution in [0.3, 0.4) is 0 Å². The number of nitro groups is 1. The van der Waals surface area contributed by atoms with Crippen molar-refractivity contribution in [2.75, 3.05) is 4.90 Å². The van der Waals surface area contributed by atoms with Crippen LogP contribution in [0.1, 0.15) is 0 Å². The number of hydrogen-bond donors (Lipinski definition) is 0. The number of anilines is 1. The number of carbonyl (C=O) groups is 2. The van der Waals surface area contributed by atoms with E-state index in [0.29, 0.717) is 16.5 Å². The van der Waals surface area contributed by atoms with Gasteiger partial charge in [-0.15, -0.1) is 0 Å². The fourth-order valence-electron chi connectivity index (χ4n) is 2.26. The van der Waals surface area contributed by atoms with Crippen molar-refractivity contribution in [2.45, 2.75) is 0 Å². The molecule has 3 rings (SSSR count). The Morgan fingerprint density at radius 2 is 1.50 bits per heavy atom. The van der Waals surface area contributed by atoms with Crippen molar-refractivity contribution in [1.29, 1.82) is 0 Å². The lowest BCUT2D eigenvalue weighted by Gasteiger charge is -2.16. The second-order valence-corrected chi connectivity index (χ2v) is 4.25. The van der Waals surface area contributed by atoms with E-state index in [9.17, 15) is 19.7 Å². The third-order valence-corrected chi connectivity index (χ3v) is 3.12. The van der Waals surface area contributed by atoms with E-state index in [1.54, 1.807) is 24.3 Å². The molecule has 2 aromatic rings. The third-order valence-electron chi connectivity index (χ3n) is 3.12. The number of carbonyl (C=O) groups excluding carboxylic acids is 2. The molecule has 0 radical (unpaired) electrons. The van der Waals surface area contributed by atoms with E-state index in [1.807, 2.05) is 0 Å². The lowest BCUT2D eigenvalue weighted by atomic mass is 10.1. The summed E-state index contributed by atoms with van der Waals surface area (Å²) in [5.41, 5.74) is 0.294. The van der Waals surface area contributed by atoms with Crippen LogP contribution in [0, 0.1) is 10.1 Å². The van der Waals surface area contributed by atoms with Crippen LogP contribution >= 0.6 is 0 Å². The number of hydrogen-bond acceptors (Lipinski definition) is 4. The molecule has 1 aliphatic rings. The van der Waals surface area contributed by atoms with Crippen LogP contribution in [0.25, 0.3) is 10.8 Å². The Kier molecular flexibility index (Phi) is 2.57. The summed E-state index contributed by atoms with van der Waals surface area (Å²) in [6.07, 6.45) is 2.36. The second kappa shape index (κ2) is 4.27. The van der Waals surface area contributed by atoms with Crippen molar-refractivity contribution in [1.82, 2.24) is 0 Å². The number of non-ortho nitro benzene ring substituents is 1. The van der Waals surface area contributed by atoms with Crippen molar-refractivity contribution in [2.24, 2.45) is 0 Å². The molecule has 2 aromatic carbocycles. The van der Waals surface area contributed by atoms with Gasteiger partial charge in [0.15, 0.2) is 0 Å². The largest absolute Gasteiger partial charge is 0.277 e. The zero-order chi connectivity index (χ0) is 14.3. The molecule has 0 aliphatic carbocycles. The summed E-state index contributed by atoms with van der Waals surface area (Å²) >= 11 is 0. The maximum atomic E-state index is 11.7. The highest BCUT2D eigenvalue weighted by atomic mass is 16.6. The quantitative estimate of drug-likeness (QED) is 0.475. The first-order valence-electron chi connectivity index (χ1n) is 5.82. The summed E-state index contributed by atoms with van der Waals surface area (Å²) in [5.74, 6) is -0.900. The Balaban J connectivity index is 2.29. The van der Waals surface area contributed by atoms with Crippen molar-refractivity contribution in [3.8, 4) is 0 Å². The van der Waals surface area contributed by atoms with Crippen LogP contribution < -0.4 is 4.90 Å². The Hall–Kier alpha value is -3.02. The SMILES string of the molecule is O=C1C=CC(=O)N1c1ccc([N+](=O)[O-])c2ccccc12. The molecule has 0 atom stereocenters. The molecular weight excluding hydrogens is 260 g/mol. The van der Waals surface area contributed by atoms with Gasteiger partial charge in [-0.2, -0.15) is 0 Å². The summed E-state index contributed by atoms with van der Waals surface area (Å²) in [6, 6.07) is 9.34. The summed E-state index contributed by atoms with van der Waals surface area (Å²) in [6.45, 7) is 0. The molecule has 6 nitrogen and oxygen atoms in total. The molecule has 0 bridgehead atoms. The zero-order valence-corrected chi connectivity index (χ0v) is 10.1. The molecule has 0 N–H and O–H groups in total. The number of amides is 2. The van der Waals surface area contributed by atoms with Gasteiger partial charge in [0, 0.05) is 23.6 Å². The summed E-state index contributed by atoms with van der Waals surface area (Å²) in [5, 5.41) is 11.9. The van der Waals surface area contributed by atoms with E-state index in [4.69, 9.17) is 0 Å². The van der Waals surface area contributed by atoms with Crippen LogP contribution in [0.15, 0.2) is 48.6 Å². The topological polar surface area (TPSA) is 80.5 Å². The van der Waals surface area contributed by atoms with Gasteiger partial charge in [0.25, 0.3) is 17.5 Å². The smallest absolute Gasteiger partial charge is 0.269 e. The molecule has 0 aromatic heterocycles. The summed E-state index contributed by atoms with van der Waals surface area (Å²) in [4.78, 5) is 35.0. The molecule has 0 saturated carbocycles. The molecule has 1 aliphatic heterocycles. The van der Waals surface area contributed by atoms with Gasteiger partial charge >= 0.3 is 0 Å². The van der Waals surface area contributed by atoms with Gasteiger partial charge < -0.3 is 0 Å². The number of rotatable bonds is 2. The number of fused-ring (bicyclic) bond motifs is 1. The first kappa shape index (κ1) is 12.0. The van der Waals surface area contributed by atoms with Crippen molar-refractivity contribution in [3.05, 3.63) is 58.7 Å². The van der Waals surface area contributed by atoms with Gasteiger partial charge in [-0.05, 0) is 12.1 Å². The Morgan fingerprint density at radius 1 is 0.900 bits per heavy atom. The second-order valence-electron chi connectivity index (χ2n) is 4.25. The Morgan fingerprint density at radius 3 is 2.10 bits per heavy atom. The van der Waals surface area contributed by atoms with E-state index >= 15 is 0 Å². The van der Waals surface area contributed by atoms with Crippen LogP contribution in [-0.2, 0) is 9.59 Å². The Bertz CT molecular complexity index is 777. The molecule has 0 saturated heterocycles. The van der Waals surface area contributed by atoms with Gasteiger partial charge in [-0.1, -0.05) is 18.2 Å². The highest BCUT2D eigenvalue weighted by molar-refractivity contribution is 6.30. The molecule has 2 amide bonds. The molecule has 6 heteroatoms. The third kappa shape index (κ3) is 1.66. The van der Waals surface area contributed by atoms with Crippen LogP contribution in [0.5, 0.6) is 0 Å². The molecule has 98 valence electrons. The minimum atomic E-state index is -0.488. The lowest BCUT2D eigenvalue weighted by Crippen LogP contribution is -2.29. The van der Waals surface area contributed by atoms with E-state index < -0.39 is 16.7 Å². The molecule has 0 spiro atoms. The highest BCUT2D eigenvalue weighted by Gasteiger charge is 2.28. The molecule has 0 fully saturated rings. The van der Waals surface area contributed by atoms with E-state index in [2.05, 4.69) is 0 Å². The predicted octanol–water partition coefficient (Wildman–Crippen LogP) is 2.18. The maximum absolute atomic E-state index is 11.7. The number of nitrogens with zero attached hydrogens (tertiary/aromatic N) is 2. The van der Waals surface area contributed by atoms with Crippen LogP contribution in [0.2, 0.25) is 0 Å². The van der Waals surface area contributed by atoms with Gasteiger partial charge in [0.2, 0.25) is 0 Å². The lowest BCUT2D eigenvalue weighted by molar-refractivity contribution is -0.383. The number of nitro benzene ring substituents is 1. The monoisotopic (exact) mass is 268 g/mol. The van der Waals surface area contributed by atoms with Crippen molar-refractivity contribution in [3.63, 3.8) is 0 Å².